The van der Waals surface area contributed by atoms with Crippen molar-refractivity contribution < 1.29 is 14.6 Å². The third-order valence-electron chi connectivity index (χ3n) is 5.13. The number of rotatable bonds is 7. The van der Waals surface area contributed by atoms with Crippen LogP contribution >= 0.6 is 0 Å². The predicted octanol–water partition coefficient (Wildman–Crippen LogP) is 4.91. The molecule has 0 fully saturated rings. The Morgan fingerprint density at radius 2 is 2.04 bits per heavy atom. The zero-order chi connectivity index (χ0) is 17.0. The van der Waals surface area contributed by atoms with E-state index >= 15 is 0 Å². The summed E-state index contributed by atoms with van der Waals surface area (Å²) in [6.45, 7) is 8.45. The molecule has 3 nitrogen and oxygen atoms in total. The fraction of sp³-hybridized carbons (Fsp3) is 0.650. The third kappa shape index (κ3) is 3.88. The summed E-state index contributed by atoms with van der Waals surface area (Å²) < 4.78 is 6.24. The SMILES string of the molecule is CCCCCc1cc(O)c2c(c1)OC(C)(C)C(CC[C]=O)C2C. The quantitative estimate of drug-likeness (QED) is 0.727. The van der Waals surface area contributed by atoms with E-state index in [0.717, 1.165) is 36.1 Å². The molecule has 0 saturated carbocycles. The number of hydrogen-bond donors (Lipinski definition) is 1. The molecule has 0 bridgehead atoms. The molecule has 0 saturated heterocycles. The Hall–Kier alpha value is -1.51. The van der Waals surface area contributed by atoms with Gasteiger partial charge in [-0.1, -0.05) is 26.7 Å². The lowest BCUT2D eigenvalue weighted by atomic mass is 9.72. The molecule has 2 atom stereocenters. The first-order valence-electron chi connectivity index (χ1n) is 8.80. The smallest absolute Gasteiger partial charge is 0.198 e. The van der Waals surface area contributed by atoms with Gasteiger partial charge >= 0.3 is 0 Å². The molecule has 1 radical (unpaired) electrons. The van der Waals surface area contributed by atoms with Crippen molar-refractivity contribution in [3.05, 3.63) is 23.3 Å². The number of aryl methyl sites for hydroxylation is 1. The zero-order valence-electron chi connectivity index (χ0n) is 14.8. The second-order valence-electron chi connectivity index (χ2n) is 7.27. The minimum atomic E-state index is -0.349. The van der Waals surface area contributed by atoms with E-state index in [1.807, 2.05) is 12.4 Å². The molecule has 2 rings (SSSR count). The number of phenols is 1. The molecule has 1 aliphatic rings. The summed E-state index contributed by atoms with van der Waals surface area (Å²) in [6, 6.07) is 3.97. The highest BCUT2D eigenvalue weighted by Gasteiger charge is 2.42. The molecule has 2 unspecified atom stereocenters. The van der Waals surface area contributed by atoms with E-state index in [-0.39, 0.29) is 17.4 Å². The van der Waals surface area contributed by atoms with Gasteiger partial charge in [0.2, 0.25) is 0 Å². The summed E-state index contributed by atoms with van der Waals surface area (Å²) in [4.78, 5) is 10.6. The van der Waals surface area contributed by atoms with Crippen LogP contribution in [-0.2, 0) is 11.2 Å². The molecule has 127 valence electrons. The van der Waals surface area contributed by atoms with E-state index in [2.05, 4.69) is 33.8 Å². The van der Waals surface area contributed by atoms with Gasteiger partial charge in [0.1, 0.15) is 17.1 Å². The predicted molar refractivity (Wildman–Crippen MR) is 92.9 cm³/mol. The lowest BCUT2D eigenvalue weighted by molar-refractivity contribution is 0.00909. The van der Waals surface area contributed by atoms with Crippen LogP contribution in [0.15, 0.2) is 12.1 Å². The van der Waals surface area contributed by atoms with Crippen molar-refractivity contribution in [2.24, 2.45) is 5.92 Å². The first-order valence-corrected chi connectivity index (χ1v) is 8.80. The van der Waals surface area contributed by atoms with Crippen LogP contribution in [0.25, 0.3) is 0 Å². The van der Waals surface area contributed by atoms with Crippen molar-refractivity contribution in [3.63, 3.8) is 0 Å². The van der Waals surface area contributed by atoms with Gasteiger partial charge in [-0.3, -0.25) is 4.79 Å². The van der Waals surface area contributed by atoms with Crippen LogP contribution in [0, 0.1) is 5.92 Å². The third-order valence-corrected chi connectivity index (χ3v) is 5.13. The maximum Gasteiger partial charge on any atom is 0.198 e. The van der Waals surface area contributed by atoms with Crippen molar-refractivity contribution in [1.82, 2.24) is 0 Å². The average molecular weight is 317 g/mol. The van der Waals surface area contributed by atoms with E-state index in [9.17, 15) is 9.90 Å². The van der Waals surface area contributed by atoms with Gasteiger partial charge in [0.15, 0.2) is 6.29 Å². The number of carbonyl (C=O) groups excluding carboxylic acids is 1. The van der Waals surface area contributed by atoms with Gasteiger partial charge in [0.05, 0.1) is 0 Å². The molecule has 1 aliphatic heterocycles. The lowest BCUT2D eigenvalue weighted by Crippen LogP contribution is -2.44. The number of hydrogen-bond acceptors (Lipinski definition) is 3. The first-order chi connectivity index (χ1) is 10.9. The van der Waals surface area contributed by atoms with E-state index in [1.165, 1.54) is 12.8 Å². The Kier molecular flexibility index (Phi) is 5.72. The number of benzene rings is 1. The van der Waals surface area contributed by atoms with Crippen molar-refractivity contribution in [2.75, 3.05) is 0 Å². The van der Waals surface area contributed by atoms with E-state index in [0.29, 0.717) is 12.2 Å². The van der Waals surface area contributed by atoms with Crippen molar-refractivity contribution in [3.8, 4) is 11.5 Å². The molecular weight excluding hydrogens is 288 g/mol. The molecule has 1 aromatic rings. The van der Waals surface area contributed by atoms with E-state index in [4.69, 9.17) is 4.74 Å². The number of fused-ring (bicyclic) bond motifs is 1. The van der Waals surface area contributed by atoms with Gasteiger partial charge in [0, 0.05) is 17.9 Å². The van der Waals surface area contributed by atoms with E-state index < -0.39 is 0 Å². The molecule has 0 spiro atoms. The van der Waals surface area contributed by atoms with Crippen LogP contribution in [0.2, 0.25) is 0 Å². The van der Waals surface area contributed by atoms with Gasteiger partial charge in [-0.15, -0.1) is 0 Å². The minimum absolute atomic E-state index is 0.159. The lowest BCUT2D eigenvalue weighted by Gasteiger charge is -2.44. The number of phenolic OH excluding ortho intramolecular Hbond substituents is 1. The summed E-state index contributed by atoms with van der Waals surface area (Å²) >= 11 is 0. The summed E-state index contributed by atoms with van der Waals surface area (Å²) in [5, 5.41) is 10.5. The van der Waals surface area contributed by atoms with Gasteiger partial charge in [0.25, 0.3) is 0 Å². The van der Waals surface area contributed by atoms with E-state index in [1.54, 1.807) is 0 Å². The number of aromatic hydroxyl groups is 1. The van der Waals surface area contributed by atoms with Crippen LogP contribution in [0.3, 0.4) is 0 Å². The van der Waals surface area contributed by atoms with Gasteiger partial charge in [-0.05, 0) is 56.7 Å². The number of unbranched alkanes of at least 4 members (excludes halogenated alkanes) is 2. The van der Waals surface area contributed by atoms with Crippen LogP contribution in [-0.4, -0.2) is 17.0 Å². The minimum Gasteiger partial charge on any atom is -0.508 e. The van der Waals surface area contributed by atoms with Gasteiger partial charge in [-0.25, -0.2) is 0 Å². The Labute approximate surface area is 140 Å². The van der Waals surface area contributed by atoms with Crippen LogP contribution in [0.1, 0.15) is 76.8 Å². The summed E-state index contributed by atoms with van der Waals surface area (Å²) in [5.41, 5.74) is 1.68. The zero-order valence-corrected chi connectivity index (χ0v) is 14.8. The highest BCUT2D eigenvalue weighted by molar-refractivity contribution is 5.53. The highest BCUT2D eigenvalue weighted by atomic mass is 16.5. The van der Waals surface area contributed by atoms with Crippen molar-refractivity contribution >= 4 is 6.29 Å². The molecule has 0 amide bonds. The summed E-state index contributed by atoms with van der Waals surface area (Å²) in [7, 11) is 0. The average Bonchev–Trinajstić information content (AvgIpc) is 2.45. The van der Waals surface area contributed by atoms with Crippen LogP contribution in [0.5, 0.6) is 11.5 Å². The Bertz CT molecular complexity index is 548. The first kappa shape index (κ1) is 17.8. The molecule has 23 heavy (non-hydrogen) atoms. The number of ether oxygens (including phenoxy) is 1. The summed E-state index contributed by atoms with van der Waals surface area (Å²) in [6.07, 6.45) is 7.61. The second-order valence-corrected chi connectivity index (χ2v) is 7.27. The van der Waals surface area contributed by atoms with Crippen LogP contribution in [0.4, 0.5) is 0 Å². The fourth-order valence-corrected chi connectivity index (χ4v) is 3.91. The molecule has 0 aliphatic carbocycles. The topological polar surface area (TPSA) is 46.5 Å². The molecule has 3 heteroatoms. The van der Waals surface area contributed by atoms with Gasteiger partial charge in [-0.2, -0.15) is 0 Å². The Balaban J connectivity index is 2.30. The largest absolute Gasteiger partial charge is 0.508 e. The normalized spacial score (nSPS) is 22.3. The molecule has 1 aromatic carbocycles. The van der Waals surface area contributed by atoms with Crippen molar-refractivity contribution in [1.29, 1.82) is 0 Å². The maximum atomic E-state index is 10.6. The maximum absolute atomic E-state index is 10.6. The highest BCUT2D eigenvalue weighted by Crippen LogP contribution is 2.50. The Morgan fingerprint density at radius 3 is 2.70 bits per heavy atom. The monoisotopic (exact) mass is 317 g/mol. The standard InChI is InChI=1S/C20H29O3/c1-5-6-7-9-15-12-17(22)19-14(2)16(10-8-11-21)20(3,4)23-18(19)13-15/h12-14,16,22H,5-10H2,1-4H3. The summed E-state index contributed by atoms with van der Waals surface area (Å²) in [5.74, 6) is 1.48. The molecular formula is C20H29O3. The Morgan fingerprint density at radius 1 is 1.30 bits per heavy atom. The molecule has 1 N–H and O–H groups in total. The molecule has 0 aromatic heterocycles. The van der Waals surface area contributed by atoms with Crippen LogP contribution < -0.4 is 4.74 Å². The second kappa shape index (κ2) is 7.37. The molecule has 1 heterocycles. The van der Waals surface area contributed by atoms with Gasteiger partial charge < -0.3 is 9.84 Å². The van der Waals surface area contributed by atoms with Crippen molar-refractivity contribution in [2.45, 2.75) is 77.7 Å². The fourth-order valence-electron chi connectivity index (χ4n) is 3.91.